The van der Waals surface area contributed by atoms with Crippen molar-refractivity contribution in [3.05, 3.63) is 47.5 Å². The maximum absolute atomic E-state index is 13.4. The highest BCUT2D eigenvalue weighted by atomic mass is 16.2. The molecule has 1 N–H and O–H groups in total. The molecule has 5 rings (SSSR count). The predicted octanol–water partition coefficient (Wildman–Crippen LogP) is 2.92. The van der Waals surface area contributed by atoms with Crippen LogP contribution in [0.2, 0.25) is 0 Å². The van der Waals surface area contributed by atoms with Gasteiger partial charge in [-0.05, 0) is 31.7 Å². The molecule has 1 aromatic carbocycles. The zero-order chi connectivity index (χ0) is 23.7. The van der Waals surface area contributed by atoms with E-state index in [0.29, 0.717) is 38.4 Å². The summed E-state index contributed by atoms with van der Waals surface area (Å²) in [7, 11) is 1.86. The zero-order valence-corrected chi connectivity index (χ0v) is 19.8. The van der Waals surface area contributed by atoms with Crippen molar-refractivity contribution in [3.8, 4) is 0 Å². The predicted molar refractivity (Wildman–Crippen MR) is 129 cm³/mol. The normalized spacial score (nSPS) is 18.1. The molecule has 178 valence electrons. The number of carbonyl (C=O) groups excluding carboxylic acids is 2. The van der Waals surface area contributed by atoms with Crippen LogP contribution in [0.25, 0.3) is 10.9 Å². The first kappa shape index (κ1) is 22.3. The smallest absolute Gasteiger partial charge is 0.225 e. The molecule has 1 saturated heterocycles. The van der Waals surface area contributed by atoms with Crippen LogP contribution in [0, 0.1) is 0 Å². The minimum Gasteiger partial charge on any atom is -0.373 e. The number of piperidine rings is 1. The Morgan fingerprint density at radius 3 is 2.82 bits per heavy atom. The van der Waals surface area contributed by atoms with E-state index in [4.69, 9.17) is 9.97 Å². The number of nitrogens with one attached hydrogen (secondary N) is 1. The van der Waals surface area contributed by atoms with Crippen LogP contribution in [-0.2, 0) is 29.1 Å². The molecule has 3 aromatic rings. The van der Waals surface area contributed by atoms with Crippen molar-refractivity contribution in [1.29, 1.82) is 0 Å². The molecule has 0 bridgehead atoms. The molecular weight excluding hydrogens is 430 g/mol. The Labute approximate surface area is 199 Å². The lowest BCUT2D eigenvalue weighted by molar-refractivity contribution is -0.135. The largest absolute Gasteiger partial charge is 0.373 e. The van der Waals surface area contributed by atoms with Gasteiger partial charge in [0.1, 0.15) is 5.82 Å². The Balaban J connectivity index is 1.37. The summed E-state index contributed by atoms with van der Waals surface area (Å²) in [5.74, 6) is 1.63. The van der Waals surface area contributed by atoms with Gasteiger partial charge in [-0.25, -0.2) is 9.97 Å². The van der Waals surface area contributed by atoms with Gasteiger partial charge in [0.2, 0.25) is 11.8 Å². The third-order valence-electron chi connectivity index (χ3n) is 6.97. The lowest BCUT2D eigenvalue weighted by Crippen LogP contribution is -2.40. The minimum absolute atomic E-state index is 0.0532. The summed E-state index contributed by atoms with van der Waals surface area (Å²) < 4.78 is 1.90. The molecule has 0 radical (unpaired) electrons. The van der Waals surface area contributed by atoms with Crippen LogP contribution >= 0.6 is 0 Å². The zero-order valence-electron chi connectivity index (χ0n) is 19.8. The molecular formula is C25H31N7O2. The van der Waals surface area contributed by atoms with Gasteiger partial charge in [-0.2, -0.15) is 5.10 Å². The number of amides is 2. The van der Waals surface area contributed by atoms with E-state index in [-0.39, 0.29) is 17.9 Å². The molecule has 34 heavy (non-hydrogen) atoms. The maximum atomic E-state index is 13.4. The van der Waals surface area contributed by atoms with Gasteiger partial charge in [-0.15, -0.1) is 0 Å². The number of hydrogen-bond acceptors (Lipinski definition) is 6. The molecule has 1 fully saturated rings. The van der Waals surface area contributed by atoms with Gasteiger partial charge in [-0.3, -0.25) is 14.3 Å². The first-order valence-corrected chi connectivity index (χ1v) is 12.1. The van der Waals surface area contributed by atoms with E-state index in [1.807, 2.05) is 52.0 Å². The Morgan fingerprint density at radius 2 is 2.00 bits per heavy atom. The van der Waals surface area contributed by atoms with E-state index in [0.717, 1.165) is 53.7 Å². The summed E-state index contributed by atoms with van der Waals surface area (Å²) in [6, 6.07) is 7.89. The first-order valence-electron chi connectivity index (χ1n) is 12.1. The fourth-order valence-corrected chi connectivity index (χ4v) is 5.12. The molecule has 9 nitrogen and oxygen atoms in total. The monoisotopic (exact) mass is 461 g/mol. The van der Waals surface area contributed by atoms with Crippen molar-refractivity contribution in [2.45, 2.75) is 58.2 Å². The molecule has 2 amide bonds. The highest BCUT2D eigenvalue weighted by Crippen LogP contribution is 2.33. The summed E-state index contributed by atoms with van der Waals surface area (Å²) in [5.41, 5.74) is 3.00. The SMILES string of the molecule is CNc1nc([C@H]2CCCCN2C(=O)CCn2ncc3ccccc32)nc2c1CCN(C(C)=O)C2. The van der Waals surface area contributed by atoms with Crippen molar-refractivity contribution >= 4 is 28.5 Å². The Kier molecular flexibility index (Phi) is 6.17. The van der Waals surface area contributed by atoms with Gasteiger partial charge in [-0.1, -0.05) is 18.2 Å². The number of nitrogens with zero attached hydrogens (tertiary/aromatic N) is 6. The summed E-state index contributed by atoms with van der Waals surface area (Å²) in [6.45, 7) is 4.00. The summed E-state index contributed by atoms with van der Waals surface area (Å²) in [6.07, 6.45) is 5.81. The molecule has 0 aliphatic carbocycles. The Morgan fingerprint density at radius 1 is 1.15 bits per heavy atom. The fourth-order valence-electron chi connectivity index (χ4n) is 5.12. The van der Waals surface area contributed by atoms with Gasteiger partial charge >= 0.3 is 0 Å². The number of hydrogen-bond donors (Lipinski definition) is 1. The quantitative estimate of drug-likeness (QED) is 0.628. The van der Waals surface area contributed by atoms with Gasteiger partial charge in [0.25, 0.3) is 0 Å². The number of fused-ring (bicyclic) bond motifs is 2. The van der Waals surface area contributed by atoms with Crippen LogP contribution < -0.4 is 5.32 Å². The number of benzene rings is 1. The van der Waals surface area contributed by atoms with Gasteiger partial charge < -0.3 is 15.1 Å². The van der Waals surface area contributed by atoms with E-state index >= 15 is 0 Å². The molecule has 4 heterocycles. The topological polar surface area (TPSA) is 96.2 Å². The lowest BCUT2D eigenvalue weighted by atomic mass is 9.99. The van der Waals surface area contributed by atoms with E-state index < -0.39 is 0 Å². The van der Waals surface area contributed by atoms with Crippen LogP contribution in [0.5, 0.6) is 0 Å². The average Bonchev–Trinajstić information content (AvgIpc) is 3.29. The van der Waals surface area contributed by atoms with E-state index in [2.05, 4.69) is 10.4 Å². The summed E-state index contributed by atoms with van der Waals surface area (Å²) in [4.78, 5) is 38.8. The molecule has 0 spiro atoms. The molecule has 2 aromatic heterocycles. The Bertz CT molecular complexity index is 1220. The van der Waals surface area contributed by atoms with E-state index in [9.17, 15) is 9.59 Å². The number of rotatable bonds is 5. The van der Waals surface area contributed by atoms with Crippen LogP contribution in [0.1, 0.15) is 55.7 Å². The first-order chi connectivity index (χ1) is 16.5. The molecule has 0 unspecified atom stereocenters. The summed E-state index contributed by atoms with van der Waals surface area (Å²) in [5, 5.41) is 8.75. The maximum Gasteiger partial charge on any atom is 0.225 e. The van der Waals surface area contributed by atoms with Gasteiger partial charge in [0.05, 0.1) is 36.5 Å². The molecule has 0 saturated carbocycles. The number of aryl methyl sites for hydroxylation is 1. The van der Waals surface area contributed by atoms with Crippen molar-refractivity contribution in [3.63, 3.8) is 0 Å². The molecule has 2 aliphatic heterocycles. The van der Waals surface area contributed by atoms with Crippen LogP contribution in [0.3, 0.4) is 0 Å². The third-order valence-corrected chi connectivity index (χ3v) is 6.97. The second-order valence-electron chi connectivity index (χ2n) is 9.07. The molecule has 2 aliphatic rings. The number of para-hydroxylation sites is 1. The van der Waals surface area contributed by atoms with Crippen molar-refractivity contribution < 1.29 is 9.59 Å². The average molecular weight is 462 g/mol. The fraction of sp³-hybridized carbons (Fsp3) is 0.480. The number of aromatic nitrogens is 4. The Hall–Kier alpha value is -3.49. The van der Waals surface area contributed by atoms with Crippen molar-refractivity contribution in [2.24, 2.45) is 0 Å². The molecule has 1 atom stereocenters. The van der Waals surface area contributed by atoms with Crippen LogP contribution in [0.4, 0.5) is 5.82 Å². The van der Waals surface area contributed by atoms with Gasteiger partial charge in [0.15, 0.2) is 5.82 Å². The number of likely N-dealkylation sites (tertiary alicyclic amines) is 1. The lowest BCUT2D eigenvalue weighted by Gasteiger charge is -2.36. The third kappa shape index (κ3) is 4.22. The van der Waals surface area contributed by atoms with Crippen molar-refractivity contribution in [1.82, 2.24) is 29.5 Å². The van der Waals surface area contributed by atoms with Crippen LogP contribution in [0.15, 0.2) is 30.5 Å². The second kappa shape index (κ2) is 9.40. The van der Waals surface area contributed by atoms with E-state index in [1.165, 1.54) is 0 Å². The number of carbonyl (C=O) groups is 2. The number of anilines is 1. The second-order valence-corrected chi connectivity index (χ2v) is 9.07. The van der Waals surface area contributed by atoms with Crippen LogP contribution in [-0.4, -0.2) is 61.5 Å². The minimum atomic E-state index is -0.152. The van der Waals surface area contributed by atoms with Gasteiger partial charge in [0, 0.05) is 44.4 Å². The highest BCUT2D eigenvalue weighted by Gasteiger charge is 2.32. The highest BCUT2D eigenvalue weighted by molar-refractivity contribution is 5.79. The van der Waals surface area contributed by atoms with E-state index in [1.54, 1.807) is 6.92 Å². The summed E-state index contributed by atoms with van der Waals surface area (Å²) >= 11 is 0. The molecule has 9 heteroatoms. The van der Waals surface area contributed by atoms with Crippen molar-refractivity contribution in [2.75, 3.05) is 25.5 Å². The standard InChI is InChI=1S/C25H31N7O2/c1-17(33)30-13-10-19-20(16-30)28-25(29-24(19)26-2)22-9-5-6-12-31(22)23(34)11-14-32-21-8-4-3-7-18(21)15-27-32/h3-4,7-8,15,22H,5-6,9-14,16H2,1-2H3,(H,26,28,29)/t22-/m1/s1.